The molecular formula is C15H23ClN2O3. The van der Waals surface area contributed by atoms with E-state index in [-0.39, 0.29) is 24.3 Å². The van der Waals surface area contributed by atoms with E-state index >= 15 is 0 Å². The van der Waals surface area contributed by atoms with E-state index < -0.39 is 6.04 Å². The Morgan fingerprint density at radius 2 is 1.95 bits per heavy atom. The maximum Gasteiger partial charge on any atom is 0.305 e. The molecular weight excluding hydrogens is 292 g/mol. The summed E-state index contributed by atoms with van der Waals surface area (Å²) >= 11 is 0. The zero-order valence-corrected chi connectivity index (χ0v) is 13.0. The van der Waals surface area contributed by atoms with Crippen molar-refractivity contribution < 1.29 is 14.3 Å². The summed E-state index contributed by atoms with van der Waals surface area (Å²) in [5.74, 6) is -0.437. The van der Waals surface area contributed by atoms with Crippen LogP contribution in [0, 0.1) is 0 Å². The maximum atomic E-state index is 11.8. The van der Waals surface area contributed by atoms with Gasteiger partial charge in [0.05, 0.1) is 12.6 Å². The number of nitrogens with one attached hydrogen (secondary N) is 1. The van der Waals surface area contributed by atoms with E-state index in [0.717, 1.165) is 5.56 Å². The lowest BCUT2D eigenvalue weighted by Gasteiger charge is -2.12. The third-order valence-electron chi connectivity index (χ3n) is 2.80. The first-order chi connectivity index (χ1) is 9.63. The van der Waals surface area contributed by atoms with Crippen molar-refractivity contribution in [3.63, 3.8) is 0 Å². The molecule has 1 amide bonds. The van der Waals surface area contributed by atoms with E-state index in [1.807, 2.05) is 30.3 Å². The van der Waals surface area contributed by atoms with Gasteiger partial charge in [0, 0.05) is 13.0 Å². The minimum Gasteiger partial charge on any atom is -0.466 e. The number of ether oxygens (including phenoxy) is 1. The number of hydrogen-bond acceptors (Lipinski definition) is 4. The molecule has 0 aromatic heterocycles. The van der Waals surface area contributed by atoms with Gasteiger partial charge in [-0.25, -0.2) is 0 Å². The lowest BCUT2D eigenvalue weighted by atomic mass is 10.1. The van der Waals surface area contributed by atoms with Crippen LogP contribution in [-0.2, 0) is 20.7 Å². The quantitative estimate of drug-likeness (QED) is 0.562. The lowest BCUT2D eigenvalue weighted by Crippen LogP contribution is -2.42. The summed E-state index contributed by atoms with van der Waals surface area (Å²) < 4.78 is 4.80. The number of hydrogen-bond donors (Lipinski definition) is 2. The maximum absolute atomic E-state index is 11.8. The van der Waals surface area contributed by atoms with Crippen molar-refractivity contribution in [3.8, 4) is 0 Å². The Morgan fingerprint density at radius 1 is 1.29 bits per heavy atom. The molecule has 0 spiro atoms. The lowest BCUT2D eigenvalue weighted by molar-refractivity contribution is -0.143. The molecule has 0 unspecified atom stereocenters. The van der Waals surface area contributed by atoms with Crippen molar-refractivity contribution in [3.05, 3.63) is 35.9 Å². The van der Waals surface area contributed by atoms with Gasteiger partial charge < -0.3 is 15.8 Å². The molecule has 1 rings (SSSR count). The van der Waals surface area contributed by atoms with Crippen molar-refractivity contribution in [2.75, 3.05) is 13.2 Å². The number of carbonyl (C=O) groups is 2. The standard InChI is InChI=1S/C15H22N2O3.ClH/c1-2-20-14(18)9-6-10-17-15(19)13(16)11-12-7-4-3-5-8-12;/h3-5,7-8,13H,2,6,9-11,16H2,1H3,(H,17,19);1H/t13-;/m0./s1. The summed E-state index contributed by atoms with van der Waals surface area (Å²) in [6.45, 7) is 2.58. The molecule has 118 valence electrons. The van der Waals surface area contributed by atoms with Crippen LogP contribution < -0.4 is 11.1 Å². The highest BCUT2D eigenvalue weighted by molar-refractivity contribution is 5.85. The van der Waals surface area contributed by atoms with Crippen molar-refractivity contribution in [1.29, 1.82) is 0 Å². The molecule has 1 atom stereocenters. The molecule has 6 heteroatoms. The van der Waals surface area contributed by atoms with E-state index in [4.69, 9.17) is 10.5 Å². The number of rotatable bonds is 8. The fraction of sp³-hybridized carbons (Fsp3) is 0.467. The molecule has 0 saturated carbocycles. The highest BCUT2D eigenvalue weighted by atomic mass is 35.5. The topological polar surface area (TPSA) is 81.4 Å². The summed E-state index contributed by atoms with van der Waals surface area (Å²) in [7, 11) is 0. The van der Waals surface area contributed by atoms with Gasteiger partial charge in [0.1, 0.15) is 0 Å². The first-order valence-electron chi connectivity index (χ1n) is 6.86. The van der Waals surface area contributed by atoms with Crippen LogP contribution in [0.1, 0.15) is 25.3 Å². The number of esters is 1. The highest BCUT2D eigenvalue weighted by Crippen LogP contribution is 2.02. The molecule has 5 nitrogen and oxygen atoms in total. The van der Waals surface area contributed by atoms with E-state index in [2.05, 4.69) is 5.32 Å². The van der Waals surface area contributed by atoms with Crippen molar-refractivity contribution in [2.24, 2.45) is 5.73 Å². The number of benzene rings is 1. The first-order valence-corrected chi connectivity index (χ1v) is 6.86. The van der Waals surface area contributed by atoms with Gasteiger partial charge >= 0.3 is 5.97 Å². The summed E-state index contributed by atoms with van der Waals surface area (Å²) in [5.41, 5.74) is 6.86. The van der Waals surface area contributed by atoms with Crippen LogP contribution in [-0.4, -0.2) is 31.1 Å². The predicted octanol–water partition coefficient (Wildman–Crippen LogP) is 1.44. The summed E-state index contributed by atoms with van der Waals surface area (Å²) in [5, 5.41) is 2.73. The summed E-state index contributed by atoms with van der Waals surface area (Å²) in [6, 6.07) is 9.06. The van der Waals surface area contributed by atoms with Crippen LogP contribution >= 0.6 is 12.4 Å². The monoisotopic (exact) mass is 314 g/mol. The fourth-order valence-corrected chi connectivity index (χ4v) is 1.77. The van der Waals surface area contributed by atoms with Gasteiger partial charge in [-0.15, -0.1) is 12.4 Å². The molecule has 0 radical (unpaired) electrons. The van der Waals surface area contributed by atoms with Crippen LogP contribution in [0.5, 0.6) is 0 Å². The van der Waals surface area contributed by atoms with Gasteiger partial charge in [0.25, 0.3) is 0 Å². The van der Waals surface area contributed by atoms with Crippen LogP contribution in [0.4, 0.5) is 0 Å². The zero-order valence-electron chi connectivity index (χ0n) is 12.2. The van der Waals surface area contributed by atoms with Crippen LogP contribution in [0.25, 0.3) is 0 Å². The second-order valence-electron chi connectivity index (χ2n) is 4.50. The van der Waals surface area contributed by atoms with Gasteiger partial charge in [-0.1, -0.05) is 30.3 Å². The fourth-order valence-electron chi connectivity index (χ4n) is 1.77. The molecule has 0 fully saturated rings. The Balaban J connectivity index is 0.00000400. The smallest absolute Gasteiger partial charge is 0.305 e. The predicted molar refractivity (Wildman–Crippen MR) is 84.2 cm³/mol. The summed E-state index contributed by atoms with van der Waals surface area (Å²) in [6.07, 6.45) is 1.37. The SMILES string of the molecule is CCOC(=O)CCCNC(=O)[C@@H](N)Cc1ccccc1.Cl. The molecule has 0 bridgehead atoms. The Kier molecular flexibility index (Phi) is 10.3. The van der Waals surface area contributed by atoms with Gasteiger partial charge in [0.15, 0.2) is 0 Å². The third-order valence-corrected chi connectivity index (χ3v) is 2.80. The number of halogens is 1. The normalized spacial score (nSPS) is 11.1. The third kappa shape index (κ3) is 8.32. The molecule has 3 N–H and O–H groups in total. The molecule has 0 aliphatic rings. The number of nitrogens with two attached hydrogens (primary N) is 1. The van der Waals surface area contributed by atoms with Gasteiger partial charge in [-0.2, -0.15) is 0 Å². The minimum absolute atomic E-state index is 0. The average Bonchev–Trinajstić information content (AvgIpc) is 2.44. The van der Waals surface area contributed by atoms with Crippen molar-refractivity contribution >= 4 is 24.3 Å². The van der Waals surface area contributed by atoms with Crippen LogP contribution in [0.2, 0.25) is 0 Å². The first kappa shape index (κ1) is 19.4. The Labute approximate surface area is 131 Å². The second kappa shape index (κ2) is 11.1. The Morgan fingerprint density at radius 3 is 2.57 bits per heavy atom. The van der Waals surface area contributed by atoms with Crippen LogP contribution in [0.3, 0.4) is 0 Å². The van der Waals surface area contributed by atoms with E-state index in [1.54, 1.807) is 6.92 Å². The van der Waals surface area contributed by atoms with Gasteiger partial charge in [-0.3, -0.25) is 9.59 Å². The summed E-state index contributed by atoms with van der Waals surface area (Å²) in [4.78, 5) is 22.9. The van der Waals surface area contributed by atoms with Crippen molar-refractivity contribution in [2.45, 2.75) is 32.2 Å². The number of amides is 1. The highest BCUT2D eigenvalue weighted by Gasteiger charge is 2.13. The zero-order chi connectivity index (χ0) is 14.8. The molecule has 0 aliphatic carbocycles. The molecule has 1 aromatic rings. The van der Waals surface area contributed by atoms with Gasteiger partial charge in [-0.05, 0) is 25.3 Å². The van der Waals surface area contributed by atoms with Gasteiger partial charge in [0.2, 0.25) is 5.91 Å². The molecule has 21 heavy (non-hydrogen) atoms. The molecule has 0 saturated heterocycles. The van der Waals surface area contributed by atoms with Crippen molar-refractivity contribution in [1.82, 2.24) is 5.32 Å². The Bertz CT molecular complexity index is 426. The van der Waals surface area contributed by atoms with E-state index in [1.165, 1.54) is 0 Å². The molecule has 0 aliphatic heterocycles. The van der Waals surface area contributed by atoms with E-state index in [9.17, 15) is 9.59 Å². The largest absolute Gasteiger partial charge is 0.466 e. The average molecular weight is 315 g/mol. The Hall–Kier alpha value is -1.59. The minimum atomic E-state index is -0.569. The van der Waals surface area contributed by atoms with E-state index in [0.29, 0.717) is 32.4 Å². The molecule has 1 aromatic carbocycles. The number of carbonyl (C=O) groups excluding carboxylic acids is 2. The molecule has 0 heterocycles. The van der Waals surface area contributed by atoms with Crippen LogP contribution in [0.15, 0.2) is 30.3 Å². The second-order valence-corrected chi connectivity index (χ2v) is 4.50.